The summed E-state index contributed by atoms with van der Waals surface area (Å²) in [4.78, 5) is 80.2. The van der Waals surface area contributed by atoms with Crippen LogP contribution in [0.1, 0.15) is 55.6 Å². The standard InChI is InChI=1S/C19H14ClF2NO3.C19H16ClNO3.2C19H14F3NO3.C18H12ClF2NO2/c20-17-9-13(4-5-16(17)18-10-23-11-25-18)7-14(24)6-12-2-1-3-15(8-12)26-19(21)22;1-23-18-5-3-2-4-14(18)10-15(22)8-13-6-7-16(17(20)9-13)19-11-21-12-24-19;20-17-9-13(4-5-16(17)18-10-23-11-25-18)7-14(24)6-12-2-1-3-15(8-12)26-19(21)22;20-16-8-12(5-6-15(16)18-10-23-11-25-18)7-14(24)9-13-3-1-2-4-17(13)26-19(21)22;19-16-4-2-13(20)7-12(16)8-14(23)5-11-1-3-15(17(21)6-11)18-9-22-10-24-18/h1-5,8-11,19H,6-7H2;2-7,9,11-12H,8,10H2,1H3;1-5,8-11,19H,6-7H2;1-6,8,10-11,19H,7,9H2;1-4,6-7,9-10H,5,8H2. The normalized spacial score (nSPS) is 10.8. The zero-order valence-corrected chi connectivity index (χ0v) is 68.3. The van der Waals surface area contributed by atoms with Crippen LogP contribution >= 0.6 is 34.8 Å². The fourth-order valence-electron chi connectivity index (χ4n) is 12.7. The number of ether oxygens (including phenoxy) is 4. The van der Waals surface area contributed by atoms with E-state index >= 15 is 0 Å². The molecule has 0 aliphatic heterocycles. The minimum absolute atomic E-state index is 0.00671. The van der Waals surface area contributed by atoms with Crippen LogP contribution in [0.25, 0.3) is 56.6 Å². The number of methoxy groups -OCH3 is 1. The summed E-state index contributed by atoms with van der Waals surface area (Å²) in [6.45, 7) is -8.79. The number of benzene rings is 10. The van der Waals surface area contributed by atoms with Gasteiger partial charge in [-0.05, 0) is 160 Å². The SMILES string of the molecule is COc1ccccc1CC(=O)Cc1ccc(-c2cnco2)c(Cl)c1.O=C(Cc1ccc(-c2cnco2)c(F)c1)Cc1cc(F)ccc1Cl.O=C(Cc1ccc(-c2cnco2)c(F)c1)Cc1ccccc1OC(F)F.O=C(Cc1cccc(OC(F)F)c1)Cc1ccc(-c2cnco2)c(Cl)c1.O=C(Cc1cccc(OC(F)F)c1)Cc1ccc(-c2cnco2)c(F)c1. The van der Waals surface area contributed by atoms with Crippen LogP contribution in [0, 0.1) is 23.3 Å². The lowest BCUT2D eigenvalue weighted by atomic mass is 10.0. The molecule has 0 N–H and O–H groups in total. The summed E-state index contributed by atoms with van der Waals surface area (Å²) in [7, 11) is 1.60. The number of para-hydroxylation sites is 2. The van der Waals surface area contributed by atoms with E-state index in [4.69, 9.17) is 61.6 Å². The molecule has 0 aliphatic rings. The second-order valence-corrected chi connectivity index (χ2v) is 28.7. The second kappa shape index (κ2) is 45.9. The van der Waals surface area contributed by atoms with E-state index in [1.807, 2.05) is 36.4 Å². The van der Waals surface area contributed by atoms with Crippen LogP contribution in [0.2, 0.25) is 15.1 Å². The number of nitrogens with zero attached hydrogens (tertiary/aromatic N) is 5. The van der Waals surface area contributed by atoms with Crippen LogP contribution < -0.4 is 18.9 Å². The third-order valence-electron chi connectivity index (χ3n) is 18.3. The number of carbonyl (C=O) groups is 5. The highest BCUT2D eigenvalue weighted by molar-refractivity contribution is 6.33. The topological polar surface area (TPSA) is 252 Å². The first-order valence-electron chi connectivity index (χ1n) is 37.9. The molecule has 0 radical (unpaired) electrons. The quantitative estimate of drug-likeness (QED) is 0.0355. The third kappa shape index (κ3) is 28.3. The van der Waals surface area contributed by atoms with Crippen molar-refractivity contribution in [3.05, 3.63) is 363 Å². The van der Waals surface area contributed by atoms with Gasteiger partial charge in [0.15, 0.2) is 60.8 Å². The lowest BCUT2D eigenvalue weighted by Gasteiger charge is -2.10. The number of oxazole rings is 5. The molecular weight excluding hydrogens is 1720 g/mol. The Bertz CT molecular complexity index is 5980. The number of carbonyl (C=O) groups excluding carboxylic acids is 5. The molecule has 646 valence electrons. The fraction of sp³-hybridized carbons (Fsp3) is 0.149. The van der Waals surface area contributed by atoms with Crippen molar-refractivity contribution >= 4 is 63.7 Å². The van der Waals surface area contributed by atoms with E-state index in [2.05, 4.69) is 39.1 Å². The number of Topliss-reactive ketones (excluding diaryl/α,β-unsaturated/α-hetero) is 5. The van der Waals surface area contributed by atoms with E-state index in [9.17, 15) is 67.9 Å². The summed E-state index contributed by atoms with van der Waals surface area (Å²) in [5, 5.41) is 1.32. The first-order valence-corrected chi connectivity index (χ1v) is 39.0. The number of ketones is 5. The van der Waals surface area contributed by atoms with Crippen molar-refractivity contribution in [1.29, 1.82) is 0 Å². The molecule has 0 fully saturated rings. The minimum atomic E-state index is -2.97. The molecule has 0 saturated heterocycles. The lowest BCUT2D eigenvalue weighted by Crippen LogP contribution is -2.10. The number of hydrogen-bond donors (Lipinski definition) is 0. The molecule has 15 rings (SSSR count). The summed E-state index contributed by atoms with van der Waals surface area (Å²) >= 11 is 18.5. The van der Waals surface area contributed by atoms with E-state index in [0.717, 1.165) is 28.0 Å². The Labute approximate surface area is 727 Å². The Morgan fingerprint density at radius 1 is 0.302 bits per heavy atom. The molecular formula is C94H70Cl3F10N5O14. The number of hydrogen-bond acceptors (Lipinski definition) is 19. The van der Waals surface area contributed by atoms with Crippen LogP contribution in [0.15, 0.2) is 291 Å². The maximum absolute atomic E-state index is 14.2. The van der Waals surface area contributed by atoms with Gasteiger partial charge in [0.1, 0.15) is 75.2 Å². The van der Waals surface area contributed by atoms with Gasteiger partial charge in [0, 0.05) is 91.5 Å². The van der Waals surface area contributed by atoms with Gasteiger partial charge >= 0.3 is 19.8 Å². The van der Waals surface area contributed by atoms with Crippen LogP contribution in [-0.4, -0.2) is 80.8 Å². The van der Waals surface area contributed by atoms with Gasteiger partial charge in [0.2, 0.25) is 0 Å². The average molecular weight is 1790 g/mol. The van der Waals surface area contributed by atoms with E-state index in [0.29, 0.717) is 101 Å². The zero-order valence-electron chi connectivity index (χ0n) is 66.1. The summed E-state index contributed by atoms with van der Waals surface area (Å²) in [6, 6.07) is 53.6. The van der Waals surface area contributed by atoms with Gasteiger partial charge < -0.3 is 41.0 Å². The highest BCUT2D eigenvalue weighted by atomic mass is 35.5. The molecule has 15 aromatic rings. The molecule has 0 unspecified atom stereocenters. The van der Waals surface area contributed by atoms with E-state index in [1.165, 1.54) is 142 Å². The Hall–Kier alpha value is -14.0. The Kier molecular flexibility index (Phi) is 33.8. The van der Waals surface area contributed by atoms with E-state index < -0.39 is 43.1 Å². The fourth-order valence-corrected chi connectivity index (χ4v) is 13.5. The van der Waals surface area contributed by atoms with Crippen molar-refractivity contribution in [2.24, 2.45) is 0 Å². The number of rotatable bonds is 32. The second-order valence-electron chi connectivity index (χ2n) is 27.4. The summed E-state index contributed by atoms with van der Waals surface area (Å²) in [6.07, 6.45) is 14.5. The Balaban J connectivity index is 0.000000153. The summed E-state index contributed by atoms with van der Waals surface area (Å²) < 4.78 is 174. The maximum atomic E-state index is 14.2. The number of aromatic nitrogens is 5. The van der Waals surface area contributed by atoms with E-state index in [1.54, 1.807) is 98.4 Å². The molecule has 19 nitrogen and oxygen atoms in total. The van der Waals surface area contributed by atoms with Crippen LogP contribution in [-0.2, 0) is 88.2 Å². The maximum Gasteiger partial charge on any atom is 0.387 e. The molecule has 5 aromatic heterocycles. The summed E-state index contributed by atoms with van der Waals surface area (Å²) in [5.74, 6) is 0.193. The monoisotopic (exact) mass is 1790 g/mol. The van der Waals surface area contributed by atoms with Gasteiger partial charge in [-0.2, -0.15) is 26.3 Å². The first-order chi connectivity index (χ1) is 60.7. The van der Waals surface area contributed by atoms with Crippen LogP contribution in [0.3, 0.4) is 0 Å². The lowest BCUT2D eigenvalue weighted by molar-refractivity contribution is -0.118. The number of halogens is 13. The third-order valence-corrected chi connectivity index (χ3v) is 19.3. The predicted molar refractivity (Wildman–Crippen MR) is 445 cm³/mol. The van der Waals surface area contributed by atoms with Crippen molar-refractivity contribution in [3.8, 4) is 79.6 Å². The molecule has 0 aliphatic carbocycles. The molecule has 0 saturated carbocycles. The molecule has 0 amide bonds. The molecule has 5 heterocycles. The predicted octanol–water partition coefficient (Wildman–Crippen LogP) is 22.8. The smallest absolute Gasteiger partial charge is 0.387 e. The van der Waals surface area contributed by atoms with Crippen LogP contribution in [0.5, 0.6) is 23.0 Å². The van der Waals surface area contributed by atoms with Gasteiger partial charge in [0.25, 0.3) is 0 Å². The Morgan fingerprint density at radius 3 is 0.929 bits per heavy atom. The minimum Gasteiger partial charge on any atom is -0.496 e. The molecule has 0 atom stereocenters. The summed E-state index contributed by atoms with van der Waals surface area (Å²) in [5.41, 5.74) is 8.17. The number of alkyl halides is 6. The van der Waals surface area contributed by atoms with Crippen molar-refractivity contribution < 1.29 is 109 Å². The molecule has 0 spiro atoms. The van der Waals surface area contributed by atoms with Crippen molar-refractivity contribution in [2.75, 3.05) is 7.11 Å². The van der Waals surface area contributed by atoms with Gasteiger partial charge in [-0.15, -0.1) is 0 Å². The Morgan fingerprint density at radius 2 is 0.603 bits per heavy atom. The largest absolute Gasteiger partial charge is 0.496 e. The van der Waals surface area contributed by atoms with Gasteiger partial charge in [-0.25, -0.2) is 42.5 Å². The van der Waals surface area contributed by atoms with Gasteiger partial charge in [-0.3, -0.25) is 24.0 Å². The molecule has 0 bridgehead atoms. The zero-order chi connectivity index (χ0) is 89.6. The van der Waals surface area contributed by atoms with Crippen LogP contribution in [0.4, 0.5) is 43.9 Å². The first kappa shape index (κ1) is 92.7. The van der Waals surface area contributed by atoms with E-state index in [-0.39, 0.29) is 114 Å². The molecule has 126 heavy (non-hydrogen) atoms. The van der Waals surface area contributed by atoms with Gasteiger partial charge in [-0.1, -0.05) is 126 Å². The van der Waals surface area contributed by atoms with Crippen molar-refractivity contribution in [2.45, 2.75) is 84.0 Å². The average Bonchev–Trinajstić information content (AvgIpc) is 1.49. The van der Waals surface area contributed by atoms with Crippen molar-refractivity contribution in [3.63, 3.8) is 0 Å². The van der Waals surface area contributed by atoms with Gasteiger partial charge in [0.05, 0.1) is 64.8 Å². The highest BCUT2D eigenvalue weighted by Gasteiger charge is 2.21. The molecule has 10 aromatic carbocycles. The van der Waals surface area contributed by atoms with Crippen molar-refractivity contribution in [1.82, 2.24) is 24.9 Å². The molecule has 32 heteroatoms. The highest BCUT2D eigenvalue weighted by Crippen LogP contribution is 2.34.